The van der Waals surface area contributed by atoms with E-state index in [-0.39, 0.29) is 23.5 Å². The quantitative estimate of drug-likeness (QED) is 0.791. The van der Waals surface area contributed by atoms with Gasteiger partial charge in [0, 0.05) is 13.2 Å². The number of nitrogens with zero attached hydrogens (tertiary/aromatic N) is 1. The first kappa shape index (κ1) is 19.4. The van der Waals surface area contributed by atoms with Crippen LogP contribution in [0.5, 0.6) is 0 Å². The molecule has 7 heteroatoms. The molecule has 0 aliphatic carbocycles. The van der Waals surface area contributed by atoms with Gasteiger partial charge in [-0.15, -0.1) is 0 Å². The van der Waals surface area contributed by atoms with Crippen LogP contribution in [0.1, 0.15) is 18.4 Å². The minimum absolute atomic E-state index is 0.00725. The van der Waals surface area contributed by atoms with Gasteiger partial charge in [-0.2, -0.15) is 0 Å². The third-order valence-corrected chi connectivity index (χ3v) is 6.28. The van der Waals surface area contributed by atoms with Gasteiger partial charge in [-0.25, -0.2) is 8.42 Å². The molecule has 27 heavy (non-hydrogen) atoms. The van der Waals surface area contributed by atoms with Crippen LogP contribution in [0, 0.1) is 6.92 Å². The summed E-state index contributed by atoms with van der Waals surface area (Å²) >= 11 is 0. The number of sulfonamides is 1. The third-order valence-electron chi connectivity index (χ3n) is 4.49. The first-order chi connectivity index (χ1) is 13.0. The molecular weight excluding hydrogens is 364 g/mol. The topological polar surface area (TPSA) is 75.7 Å². The van der Waals surface area contributed by atoms with E-state index in [1.165, 1.54) is 0 Å². The van der Waals surface area contributed by atoms with Crippen molar-refractivity contribution in [1.29, 1.82) is 0 Å². The molecular formula is C20H24N2O4S. The Bertz CT molecular complexity index is 861. The Morgan fingerprint density at radius 3 is 2.48 bits per heavy atom. The highest BCUT2D eigenvalue weighted by Crippen LogP contribution is 2.23. The maximum atomic E-state index is 13.2. The van der Waals surface area contributed by atoms with Gasteiger partial charge in [0.25, 0.3) is 10.0 Å². The number of hydrogen-bond acceptors (Lipinski definition) is 4. The lowest BCUT2D eigenvalue weighted by atomic mass is 10.2. The molecule has 3 rings (SSSR count). The molecule has 1 fully saturated rings. The Kier molecular flexibility index (Phi) is 6.13. The minimum atomic E-state index is -3.86. The van der Waals surface area contributed by atoms with E-state index in [0.29, 0.717) is 18.8 Å². The van der Waals surface area contributed by atoms with E-state index in [0.717, 1.165) is 22.7 Å². The van der Waals surface area contributed by atoms with Crippen LogP contribution in [0.2, 0.25) is 0 Å². The summed E-state index contributed by atoms with van der Waals surface area (Å²) in [4.78, 5) is 12.6. The summed E-state index contributed by atoms with van der Waals surface area (Å²) in [5, 5.41) is 2.79. The van der Waals surface area contributed by atoms with Gasteiger partial charge in [-0.3, -0.25) is 9.10 Å². The van der Waals surface area contributed by atoms with Gasteiger partial charge in [0.05, 0.1) is 16.7 Å². The van der Waals surface area contributed by atoms with Crippen LogP contribution < -0.4 is 9.62 Å². The Morgan fingerprint density at radius 1 is 1.15 bits per heavy atom. The van der Waals surface area contributed by atoms with Crippen molar-refractivity contribution in [1.82, 2.24) is 5.32 Å². The summed E-state index contributed by atoms with van der Waals surface area (Å²) in [6.07, 6.45) is 1.90. The molecule has 0 spiro atoms. The number of carbonyl (C=O) groups excluding carboxylic acids is 1. The van der Waals surface area contributed by atoms with Crippen LogP contribution in [0.25, 0.3) is 0 Å². The number of carbonyl (C=O) groups is 1. The highest BCUT2D eigenvalue weighted by molar-refractivity contribution is 7.92. The second-order valence-corrected chi connectivity index (χ2v) is 8.46. The molecule has 0 bridgehead atoms. The molecule has 144 valence electrons. The predicted octanol–water partition coefficient (Wildman–Crippen LogP) is 2.49. The SMILES string of the molecule is Cc1ccc(S(=O)(=O)N(CC(=O)NC[C@H]2CCCO2)c2ccccc2)cc1. The lowest BCUT2D eigenvalue weighted by molar-refractivity contribution is -0.120. The number of nitrogens with one attached hydrogen (secondary N) is 1. The fourth-order valence-corrected chi connectivity index (χ4v) is 4.39. The minimum Gasteiger partial charge on any atom is -0.376 e. The van der Waals surface area contributed by atoms with E-state index >= 15 is 0 Å². The van der Waals surface area contributed by atoms with E-state index in [2.05, 4.69) is 5.32 Å². The highest BCUT2D eigenvalue weighted by Gasteiger charge is 2.27. The molecule has 0 saturated carbocycles. The van der Waals surface area contributed by atoms with E-state index in [9.17, 15) is 13.2 Å². The molecule has 1 atom stereocenters. The predicted molar refractivity (Wildman–Crippen MR) is 104 cm³/mol. The van der Waals surface area contributed by atoms with Crippen molar-refractivity contribution in [2.45, 2.75) is 30.8 Å². The van der Waals surface area contributed by atoms with Gasteiger partial charge in [-0.05, 0) is 44.0 Å². The molecule has 2 aromatic carbocycles. The first-order valence-electron chi connectivity index (χ1n) is 8.99. The van der Waals surface area contributed by atoms with Gasteiger partial charge >= 0.3 is 0 Å². The van der Waals surface area contributed by atoms with Crippen molar-refractivity contribution in [3.05, 3.63) is 60.2 Å². The summed E-state index contributed by atoms with van der Waals surface area (Å²) < 4.78 is 33.0. The Balaban J connectivity index is 1.80. The molecule has 2 aromatic rings. The summed E-state index contributed by atoms with van der Waals surface area (Å²) in [6.45, 7) is 2.71. The number of rotatable bonds is 7. The zero-order valence-corrected chi connectivity index (χ0v) is 16.1. The Hall–Kier alpha value is -2.38. The summed E-state index contributed by atoms with van der Waals surface area (Å²) in [5.74, 6) is -0.356. The van der Waals surface area contributed by atoms with Crippen LogP contribution in [-0.4, -0.2) is 40.1 Å². The standard InChI is InChI=1S/C20H24N2O4S/c1-16-9-11-19(12-10-16)27(24,25)22(17-6-3-2-4-7-17)15-20(23)21-14-18-8-5-13-26-18/h2-4,6-7,9-12,18H,5,8,13-15H2,1H3,(H,21,23)/t18-/m1/s1. The van der Waals surface area contributed by atoms with Crippen LogP contribution in [-0.2, 0) is 19.6 Å². The number of amides is 1. The van der Waals surface area contributed by atoms with Crippen molar-refractivity contribution in [2.75, 3.05) is 24.0 Å². The van der Waals surface area contributed by atoms with Crippen LogP contribution in [0.15, 0.2) is 59.5 Å². The van der Waals surface area contributed by atoms with Gasteiger partial charge in [-0.1, -0.05) is 35.9 Å². The van der Waals surface area contributed by atoms with E-state index < -0.39 is 10.0 Å². The van der Waals surface area contributed by atoms with Crippen molar-refractivity contribution >= 4 is 21.6 Å². The molecule has 0 aromatic heterocycles. The Labute approximate surface area is 160 Å². The first-order valence-corrected chi connectivity index (χ1v) is 10.4. The van der Waals surface area contributed by atoms with Crippen LogP contribution in [0.3, 0.4) is 0 Å². The fraction of sp³-hybridized carbons (Fsp3) is 0.350. The number of aryl methyl sites for hydroxylation is 1. The lowest BCUT2D eigenvalue weighted by Crippen LogP contribution is -2.42. The number of ether oxygens (including phenoxy) is 1. The smallest absolute Gasteiger partial charge is 0.264 e. The van der Waals surface area contributed by atoms with Crippen molar-refractivity contribution in [3.63, 3.8) is 0 Å². The largest absolute Gasteiger partial charge is 0.376 e. The molecule has 6 nitrogen and oxygen atoms in total. The molecule has 1 amide bonds. The molecule has 1 aliphatic rings. The summed E-state index contributed by atoms with van der Waals surface area (Å²) in [6, 6.07) is 15.3. The second-order valence-electron chi connectivity index (χ2n) is 6.60. The van der Waals surface area contributed by atoms with Crippen molar-refractivity contribution < 1.29 is 17.9 Å². The monoisotopic (exact) mass is 388 g/mol. The maximum Gasteiger partial charge on any atom is 0.264 e. The third kappa shape index (κ3) is 4.87. The van der Waals surface area contributed by atoms with E-state index in [1.54, 1.807) is 54.6 Å². The molecule has 1 heterocycles. The summed E-state index contributed by atoms with van der Waals surface area (Å²) in [5.41, 5.74) is 1.42. The van der Waals surface area contributed by atoms with Crippen molar-refractivity contribution in [2.24, 2.45) is 0 Å². The zero-order valence-electron chi connectivity index (χ0n) is 15.3. The van der Waals surface area contributed by atoms with E-state index in [1.807, 2.05) is 6.92 Å². The average Bonchev–Trinajstić information content (AvgIpc) is 3.19. The maximum absolute atomic E-state index is 13.2. The van der Waals surface area contributed by atoms with Crippen molar-refractivity contribution in [3.8, 4) is 0 Å². The zero-order chi connectivity index (χ0) is 19.3. The molecule has 0 unspecified atom stereocenters. The summed E-state index contributed by atoms with van der Waals surface area (Å²) in [7, 11) is -3.86. The van der Waals surface area contributed by atoms with E-state index in [4.69, 9.17) is 4.74 Å². The molecule has 1 N–H and O–H groups in total. The van der Waals surface area contributed by atoms with Gasteiger partial charge in [0.15, 0.2) is 0 Å². The second kappa shape index (κ2) is 8.54. The number of benzene rings is 2. The van der Waals surface area contributed by atoms with Gasteiger partial charge < -0.3 is 10.1 Å². The molecule has 1 saturated heterocycles. The molecule has 1 aliphatic heterocycles. The van der Waals surface area contributed by atoms with Gasteiger partial charge in [0.2, 0.25) is 5.91 Å². The number of para-hydroxylation sites is 1. The number of anilines is 1. The Morgan fingerprint density at radius 2 is 1.85 bits per heavy atom. The number of hydrogen-bond donors (Lipinski definition) is 1. The highest BCUT2D eigenvalue weighted by atomic mass is 32.2. The van der Waals surface area contributed by atoms with Gasteiger partial charge in [0.1, 0.15) is 6.54 Å². The van der Waals surface area contributed by atoms with Crippen LogP contribution >= 0.6 is 0 Å². The lowest BCUT2D eigenvalue weighted by Gasteiger charge is -2.24. The molecule has 0 radical (unpaired) electrons. The fourth-order valence-electron chi connectivity index (χ4n) is 2.97. The average molecular weight is 388 g/mol. The van der Waals surface area contributed by atoms with Crippen LogP contribution in [0.4, 0.5) is 5.69 Å². The normalized spacial score (nSPS) is 16.9.